The van der Waals surface area contributed by atoms with Gasteiger partial charge in [-0.25, -0.2) is 8.42 Å². The van der Waals surface area contributed by atoms with E-state index in [9.17, 15) is 13.2 Å². The third-order valence-corrected chi connectivity index (χ3v) is 7.09. The van der Waals surface area contributed by atoms with Gasteiger partial charge in [-0.3, -0.25) is 4.79 Å². The van der Waals surface area contributed by atoms with E-state index in [-0.39, 0.29) is 16.8 Å². The van der Waals surface area contributed by atoms with Crippen molar-refractivity contribution >= 4 is 27.3 Å². The van der Waals surface area contributed by atoms with Crippen molar-refractivity contribution < 1.29 is 13.2 Å². The number of carbonyl (C=O) groups excluding carboxylic acids is 1. The second kappa shape index (κ2) is 7.32. The van der Waals surface area contributed by atoms with Crippen LogP contribution in [-0.2, 0) is 16.4 Å². The lowest BCUT2D eigenvalue weighted by molar-refractivity contribution is 0.0985. The predicted molar refractivity (Wildman–Crippen MR) is 107 cm³/mol. The first kappa shape index (κ1) is 19.4. The standard InChI is InChI=1S/C20H25N3O3S/c1-14(2)22(3)27(25,26)16-11-9-15(10-12-16)20(24)23-13-5-6-17-18(21)7-4-8-19(17)23/h4,7-12,14H,5-6,13,21H2,1-3H3. The van der Waals surface area contributed by atoms with E-state index in [1.807, 2.05) is 32.0 Å². The Labute approximate surface area is 160 Å². The van der Waals surface area contributed by atoms with Crippen LogP contribution in [-0.4, -0.2) is 38.3 Å². The molecule has 2 N–H and O–H groups in total. The lowest BCUT2D eigenvalue weighted by Gasteiger charge is -2.30. The zero-order valence-corrected chi connectivity index (χ0v) is 16.7. The van der Waals surface area contributed by atoms with Crippen LogP contribution < -0.4 is 10.6 Å². The Morgan fingerprint density at radius 2 is 1.81 bits per heavy atom. The second-order valence-electron chi connectivity index (χ2n) is 7.04. The van der Waals surface area contributed by atoms with Crippen LogP contribution in [0.4, 0.5) is 11.4 Å². The molecule has 0 fully saturated rings. The molecule has 0 atom stereocenters. The summed E-state index contributed by atoms with van der Waals surface area (Å²) in [6.45, 7) is 4.25. The van der Waals surface area contributed by atoms with Gasteiger partial charge in [-0.15, -0.1) is 0 Å². The Hall–Kier alpha value is -2.38. The molecule has 1 heterocycles. The number of carbonyl (C=O) groups is 1. The number of nitrogens with two attached hydrogens (primary N) is 1. The van der Waals surface area contributed by atoms with Crippen LogP contribution in [0.1, 0.15) is 36.2 Å². The largest absolute Gasteiger partial charge is 0.398 e. The fourth-order valence-electron chi connectivity index (χ4n) is 3.23. The number of hydrogen-bond acceptors (Lipinski definition) is 4. The molecule has 7 heteroatoms. The highest BCUT2D eigenvalue weighted by atomic mass is 32.2. The third kappa shape index (κ3) is 3.57. The summed E-state index contributed by atoms with van der Waals surface area (Å²) in [5, 5.41) is 0. The van der Waals surface area contributed by atoms with Crippen LogP contribution in [0.15, 0.2) is 47.4 Å². The zero-order chi connectivity index (χ0) is 19.8. The molecule has 0 radical (unpaired) electrons. The van der Waals surface area contributed by atoms with Crippen molar-refractivity contribution in [2.45, 2.75) is 37.6 Å². The van der Waals surface area contributed by atoms with E-state index in [4.69, 9.17) is 5.73 Å². The maximum Gasteiger partial charge on any atom is 0.258 e. The van der Waals surface area contributed by atoms with Gasteiger partial charge in [-0.2, -0.15) is 4.31 Å². The average molecular weight is 388 g/mol. The van der Waals surface area contributed by atoms with Crippen LogP contribution in [0.5, 0.6) is 0 Å². The summed E-state index contributed by atoms with van der Waals surface area (Å²) in [6.07, 6.45) is 1.70. The zero-order valence-electron chi connectivity index (χ0n) is 15.8. The molecule has 0 aromatic heterocycles. The number of nitrogen functional groups attached to an aromatic ring is 1. The predicted octanol–water partition coefficient (Wildman–Crippen LogP) is 2.89. The van der Waals surface area contributed by atoms with Gasteiger partial charge in [0.05, 0.1) is 4.90 Å². The molecule has 1 aliphatic heterocycles. The molecule has 0 bridgehead atoms. The lowest BCUT2D eigenvalue weighted by Crippen LogP contribution is -2.36. The molecule has 3 rings (SSSR count). The van der Waals surface area contributed by atoms with Gasteiger partial charge in [0.25, 0.3) is 5.91 Å². The Balaban J connectivity index is 1.89. The van der Waals surface area contributed by atoms with Gasteiger partial charge in [-0.05, 0) is 68.7 Å². The van der Waals surface area contributed by atoms with E-state index < -0.39 is 10.0 Å². The number of amides is 1. The average Bonchev–Trinajstić information content (AvgIpc) is 2.66. The highest BCUT2D eigenvalue weighted by molar-refractivity contribution is 7.89. The fourth-order valence-corrected chi connectivity index (χ4v) is 4.60. The number of sulfonamides is 1. The maximum absolute atomic E-state index is 13.0. The molecule has 6 nitrogen and oxygen atoms in total. The minimum absolute atomic E-state index is 0.147. The second-order valence-corrected chi connectivity index (χ2v) is 9.04. The first-order chi connectivity index (χ1) is 12.7. The minimum Gasteiger partial charge on any atom is -0.398 e. The Bertz CT molecular complexity index is 953. The summed E-state index contributed by atoms with van der Waals surface area (Å²) in [7, 11) is -2.02. The molecule has 144 valence electrons. The third-order valence-electron chi connectivity index (χ3n) is 5.04. The van der Waals surface area contributed by atoms with E-state index in [0.29, 0.717) is 17.8 Å². The summed E-state index contributed by atoms with van der Waals surface area (Å²) < 4.78 is 26.5. The molecule has 0 aliphatic carbocycles. The van der Waals surface area contributed by atoms with E-state index >= 15 is 0 Å². The van der Waals surface area contributed by atoms with Crippen molar-refractivity contribution in [3.8, 4) is 0 Å². The monoisotopic (exact) mass is 387 g/mol. The number of hydrogen-bond donors (Lipinski definition) is 1. The quantitative estimate of drug-likeness (QED) is 0.818. The Morgan fingerprint density at radius 3 is 2.44 bits per heavy atom. The van der Waals surface area contributed by atoms with Crippen molar-refractivity contribution in [3.63, 3.8) is 0 Å². The summed E-state index contributed by atoms with van der Waals surface area (Å²) in [5.74, 6) is -0.150. The van der Waals surface area contributed by atoms with Crippen LogP contribution >= 0.6 is 0 Å². The van der Waals surface area contributed by atoms with Crippen LogP contribution in [0.2, 0.25) is 0 Å². The molecule has 1 aliphatic rings. The molecular weight excluding hydrogens is 362 g/mol. The molecular formula is C20H25N3O3S. The molecule has 27 heavy (non-hydrogen) atoms. The first-order valence-corrected chi connectivity index (χ1v) is 10.4. The minimum atomic E-state index is -3.57. The topological polar surface area (TPSA) is 83.7 Å². The number of fused-ring (bicyclic) bond motifs is 1. The molecule has 2 aromatic rings. The number of rotatable bonds is 4. The van der Waals surface area contributed by atoms with Gasteiger partial charge in [0.2, 0.25) is 10.0 Å². The van der Waals surface area contributed by atoms with Crippen molar-refractivity contribution in [2.24, 2.45) is 0 Å². The maximum atomic E-state index is 13.0. The van der Waals surface area contributed by atoms with Crippen LogP contribution in [0, 0.1) is 0 Å². The van der Waals surface area contributed by atoms with Crippen molar-refractivity contribution in [1.82, 2.24) is 4.31 Å². The van der Waals surface area contributed by atoms with E-state index in [1.165, 1.54) is 16.4 Å². The fraction of sp³-hybridized carbons (Fsp3) is 0.350. The summed E-state index contributed by atoms with van der Waals surface area (Å²) in [5.41, 5.74) is 9.04. The van der Waals surface area contributed by atoms with Gasteiger partial charge in [0.1, 0.15) is 0 Å². The number of nitrogens with zero attached hydrogens (tertiary/aromatic N) is 2. The van der Waals surface area contributed by atoms with Crippen molar-refractivity contribution in [3.05, 3.63) is 53.6 Å². The smallest absolute Gasteiger partial charge is 0.258 e. The van der Waals surface area contributed by atoms with E-state index in [0.717, 1.165) is 24.1 Å². The molecule has 2 aromatic carbocycles. The highest BCUT2D eigenvalue weighted by Crippen LogP contribution is 2.32. The van der Waals surface area contributed by atoms with Gasteiger partial charge >= 0.3 is 0 Å². The van der Waals surface area contributed by atoms with Crippen LogP contribution in [0.25, 0.3) is 0 Å². The number of benzene rings is 2. The molecule has 0 saturated heterocycles. The Morgan fingerprint density at radius 1 is 1.15 bits per heavy atom. The molecule has 0 saturated carbocycles. The molecule has 0 unspecified atom stereocenters. The molecule has 0 spiro atoms. The van der Waals surface area contributed by atoms with Crippen molar-refractivity contribution in [2.75, 3.05) is 24.2 Å². The van der Waals surface area contributed by atoms with Crippen LogP contribution in [0.3, 0.4) is 0 Å². The summed E-state index contributed by atoms with van der Waals surface area (Å²) in [6, 6.07) is 11.6. The summed E-state index contributed by atoms with van der Waals surface area (Å²) >= 11 is 0. The SMILES string of the molecule is CC(C)N(C)S(=O)(=O)c1ccc(C(=O)N2CCCc3c(N)cccc32)cc1. The highest BCUT2D eigenvalue weighted by Gasteiger charge is 2.26. The van der Waals surface area contributed by atoms with Gasteiger partial charge in [-0.1, -0.05) is 6.07 Å². The van der Waals surface area contributed by atoms with Gasteiger partial charge in [0, 0.05) is 36.6 Å². The lowest BCUT2D eigenvalue weighted by atomic mass is 9.99. The first-order valence-electron chi connectivity index (χ1n) is 9.01. The van der Waals surface area contributed by atoms with Gasteiger partial charge < -0.3 is 10.6 Å². The van der Waals surface area contributed by atoms with Crippen molar-refractivity contribution in [1.29, 1.82) is 0 Å². The van der Waals surface area contributed by atoms with E-state index in [2.05, 4.69) is 0 Å². The van der Waals surface area contributed by atoms with E-state index in [1.54, 1.807) is 24.1 Å². The molecule has 1 amide bonds. The Kier molecular flexibility index (Phi) is 5.26. The summed E-state index contributed by atoms with van der Waals surface area (Å²) in [4.78, 5) is 14.9. The van der Waals surface area contributed by atoms with Gasteiger partial charge in [0.15, 0.2) is 0 Å². The normalized spacial score (nSPS) is 14.5. The number of anilines is 2.